The van der Waals surface area contributed by atoms with Gasteiger partial charge in [0.1, 0.15) is 5.82 Å². The number of aliphatic hydroxyl groups excluding tert-OH is 1. The van der Waals surface area contributed by atoms with Crippen molar-refractivity contribution in [3.8, 4) is 0 Å². The van der Waals surface area contributed by atoms with E-state index in [2.05, 4.69) is 29.9 Å². The average molecular weight is 357 g/mol. The van der Waals surface area contributed by atoms with Crippen LogP contribution in [-0.2, 0) is 0 Å². The monoisotopic (exact) mass is 357 g/mol. The molecule has 2 aromatic rings. The van der Waals surface area contributed by atoms with Crippen molar-refractivity contribution >= 4 is 17.5 Å². The number of hydrogen-bond acceptors (Lipinski definition) is 8. The highest BCUT2D eigenvalue weighted by Crippen LogP contribution is 2.21. The standard InChI is InChI=1S/C17H23N7O2/c25-14-2-1-5-24(12-14)15-3-4-18-17(20-15)23-8-6-22(7-9-23)13-10-16(26)21-19-11-13/h3-4,10-11,14,25H,1-2,5-9,12H2,(H,21,26)/t14-/m1/s1. The minimum Gasteiger partial charge on any atom is -0.391 e. The lowest BCUT2D eigenvalue weighted by atomic mass is 10.1. The van der Waals surface area contributed by atoms with E-state index in [1.165, 1.54) is 0 Å². The maximum Gasteiger partial charge on any atom is 0.266 e. The largest absolute Gasteiger partial charge is 0.391 e. The first-order valence-corrected chi connectivity index (χ1v) is 9.00. The molecule has 0 aromatic carbocycles. The lowest BCUT2D eigenvalue weighted by Crippen LogP contribution is -2.47. The second-order valence-electron chi connectivity index (χ2n) is 6.73. The average Bonchev–Trinajstić information content (AvgIpc) is 2.68. The fraction of sp³-hybridized carbons (Fsp3) is 0.529. The van der Waals surface area contributed by atoms with Gasteiger partial charge in [-0.1, -0.05) is 0 Å². The fourth-order valence-corrected chi connectivity index (χ4v) is 3.53. The van der Waals surface area contributed by atoms with Crippen LogP contribution < -0.4 is 20.3 Å². The van der Waals surface area contributed by atoms with E-state index in [1.54, 1.807) is 18.5 Å². The zero-order valence-electron chi connectivity index (χ0n) is 14.6. The number of aromatic nitrogens is 4. The maximum atomic E-state index is 11.4. The first-order chi connectivity index (χ1) is 12.7. The number of β-amino-alcohol motifs (C(OH)–C–C–N with tert-alkyl or cyclic N) is 1. The molecule has 9 heteroatoms. The third-order valence-corrected chi connectivity index (χ3v) is 4.93. The predicted octanol–water partition coefficient (Wildman–Crippen LogP) is -0.152. The summed E-state index contributed by atoms with van der Waals surface area (Å²) in [7, 11) is 0. The molecular weight excluding hydrogens is 334 g/mol. The van der Waals surface area contributed by atoms with Gasteiger partial charge in [0, 0.05) is 51.5 Å². The minimum atomic E-state index is -0.284. The van der Waals surface area contributed by atoms with Gasteiger partial charge in [0.05, 0.1) is 18.0 Å². The zero-order valence-corrected chi connectivity index (χ0v) is 14.6. The third kappa shape index (κ3) is 3.62. The molecule has 0 radical (unpaired) electrons. The highest BCUT2D eigenvalue weighted by Gasteiger charge is 2.22. The number of rotatable bonds is 3. The Hall–Kier alpha value is -2.68. The van der Waals surface area contributed by atoms with Crippen LogP contribution in [0.3, 0.4) is 0 Å². The number of H-pyrrole nitrogens is 1. The summed E-state index contributed by atoms with van der Waals surface area (Å²) in [6.45, 7) is 4.65. The van der Waals surface area contributed by atoms with Crippen molar-refractivity contribution in [1.29, 1.82) is 0 Å². The topological polar surface area (TPSA) is 101 Å². The third-order valence-electron chi connectivity index (χ3n) is 4.93. The number of nitrogens with one attached hydrogen (secondary N) is 1. The highest BCUT2D eigenvalue weighted by atomic mass is 16.3. The SMILES string of the molecule is O=c1cc(N2CCN(c3nccc(N4CCC[C@@H](O)C4)n3)CC2)cn[nH]1. The van der Waals surface area contributed by atoms with Gasteiger partial charge in [-0.3, -0.25) is 4.79 Å². The van der Waals surface area contributed by atoms with Gasteiger partial charge in [-0.15, -0.1) is 0 Å². The number of anilines is 3. The molecule has 0 bridgehead atoms. The van der Waals surface area contributed by atoms with Crippen molar-refractivity contribution in [3.05, 3.63) is 34.9 Å². The Morgan fingerprint density at radius 3 is 2.69 bits per heavy atom. The molecule has 26 heavy (non-hydrogen) atoms. The molecule has 0 unspecified atom stereocenters. The second kappa shape index (κ2) is 7.28. The van der Waals surface area contributed by atoms with E-state index >= 15 is 0 Å². The van der Waals surface area contributed by atoms with Gasteiger partial charge in [-0.25, -0.2) is 10.1 Å². The van der Waals surface area contributed by atoms with E-state index in [0.717, 1.165) is 57.1 Å². The number of piperidine rings is 1. The Morgan fingerprint density at radius 2 is 1.92 bits per heavy atom. The van der Waals surface area contributed by atoms with Crippen LogP contribution in [0.25, 0.3) is 0 Å². The molecule has 0 saturated carbocycles. The van der Waals surface area contributed by atoms with Gasteiger partial charge in [0.25, 0.3) is 5.56 Å². The van der Waals surface area contributed by atoms with Crippen molar-refractivity contribution in [1.82, 2.24) is 20.2 Å². The predicted molar refractivity (Wildman–Crippen MR) is 98.8 cm³/mol. The molecule has 9 nitrogen and oxygen atoms in total. The van der Waals surface area contributed by atoms with Gasteiger partial charge in [-0.2, -0.15) is 10.1 Å². The molecule has 0 aliphatic carbocycles. The van der Waals surface area contributed by atoms with Crippen LogP contribution >= 0.6 is 0 Å². The fourth-order valence-electron chi connectivity index (χ4n) is 3.53. The maximum absolute atomic E-state index is 11.4. The van der Waals surface area contributed by atoms with Gasteiger partial charge >= 0.3 is 0 Å². The molecule has 0 amide bonds. The van der Waals surface area contributed by atoms with E-state index in [0.29, 0.717) is 12.5 Å². The van der Waals surface area contributed by atoms with E-state index in [4.69, 9.17) is 4.98 Å². The molecule has 1 atom stereocenters. The number of aliphatic hydroxyl groups is 1. The van der Waals surface area contributed by atoms with Crippen LogP contribution in [0.4, 0.5) is 17.5 Å². The Balaban J connectivity index is 1.43. The summed E-state index contributed by atoms with van der Waals surface area (Å²) >= 11 is 0. The number of piperazine rings is 1. The molecule has 4 heterocycles. The smallest absolute Gasteiger partial charge is 0.266 e. The van der Waals surface area contributed by atoms with Gasteiger partial charge in [-0.05, 0) is 18.9 Å². The molecule has 138 valence electrons. The van der Waals surface area contributed by atoms with Crippen LogP contribution in [0.15, 0.2) is 29.3 Å². The van der Waals surface area contributed by atoms with Crippen LogP contribution in [0.2, 0.25) is 0 Å². The molecule has 2 fully saturated rings. The Morgan fingerprint density at radius 1 is 1.12 bits per heavy atom. The van der Waals surface area contributed by atoms with E-state index < -0.39 is 0 Å². The molecular formula is C17H23N7O2. The van der Waals surface area contributed by atoms with E-state index in [-0.39, 0.29) is 11.7 Å². The van der Waals surface area contributed by atoms with Crippen molar-refractivity contribution in [2.75, 3.05) is 54.0 Å². The summed E-state index contributed by atoms with van der Waals surface area (Å²) in [5.74, 6) is 1.58. The van der Waals surface area contributed by atoms with Gasteiger partial charge < -0.3 is 19.8 Å². The molecule has 2 saturated heterocycles. The normalized spacial score (nSPS) is 21.1. The van der Waals surface area contributed by atoms with Crippen LogP contribution in [-0.4, -0.2) is 70.6 Å². The summed E-state index contributed by atoms with van der Waals surface area (Å²) in [5.41, 5.74) is 0.648. The second-order valence-corrected chi connectivity index (χ2v) is 6.73. The number of aromatic amines is 1. The molecule has 2 aliphatic rings. The van der Waals surface area contributed by atoms with Gasteiger partial charge in [0.15, 0.2) is 0 Å². The quantitative estimate of drug-likeness (QED) is 0.782. The summed E-state index contributed by atoms with van der Waals surface area (Å²) in [6.07, 6.45) is 5.01. The Bertz CT molecular complexity index is 803. The molecule has 2 N–H and O–H groups in total. The van der Waals surface area contributed by atoms with Crippen molar-refractivity contribution in [2.24, 2.45) is 0 Å². The van der Waals surface area contributed by atoms with Crippen LogP contribution in [0.1, 0.15) is 12.8 Å². The molecule has 2 aromatic heterocycles. The molecule has 4 rings (SSSR count). The number of hydrogen-bond donors (Lipinski definition) is 2. The zero-order chi connectivity index (χ0) is 17.9. The Kier molecular flexibility index (Phi) is 4.70. The summed E-state index contributed by atoms with van der Waals surface area (Å²) < 4.78 is 0. The summed E-state index contributed by atoms with van der Waals surface area (Å²) in [5, 5.41) is 16.1. The summed E-state index contributed by atoms with van der Waals surface area (Å²) in [6, 6.07) is 3.47. The highest BCUT2D eigenvalue weighted by molar-refractivity contribution is 5.48. The first kappa shape index (κ1) is 16.8. The van der Waals surface area contributed by atoms with E-state index in [1.807, 2.05) is 6.07 Å². The lowest BCUT2D eigenvalue weighted by molar-refractivity contribution is 0.154. The van der Waals surface area contributed by atoms with Crippen molar-refractivity contribution < 1.29 is 5.11 Å². The van der Waals surface area contributed by atoms with Crippen molar-refractivity contribution in [2.45, 2.75) is 18.9 Å². The van der Waals surface area contributed by atoms with Crippen LogP contribution in [0.5, 0.6) is 0 Å². The Labute approximate surface area is 151 Å². The van der Waals surface area contributed by atoms with Crippen molar-refractivity contribution in [3.63, 3.8) is 0 Å². The summed E-state index contributed by atoms with van der Waals surface area (Å²) in [4.78, 5) is 27.0. The number of nitrogens with zero attached hydrogens (tertiary/aromatic N) is 6. The molecule has 0 spiro atoms. The van der Waals surface area contributed by atoms with Crippen LogP contribution in [0, 0.1) is 0 Å². The van der Waals surface area contributed by atoms with Gasteiger partial charge in [0.2, 0.25) is 5.95 Å². The van der Waals surface area contributed by atoms with E-state index in [9.17, 15) is 9.90 Å². The molecule has 2 aliphatic heterocycles. The minimum absolute atomic E-state index is 0.190. The first-order valence-electron chi connectivity index (χ1n) is 9.00. The lowest BCUT2D eigenvalue weighted by Gasteiger charge is -2.36.